The fraction of sp³-hybridized carbons (Fsp3) is 0.533. The molecular weight excluding hydrogens is 306 g/mol. The van der Waals surface area contributed by atoms with Crippen LogP contribution in [0.4, 0.5) is 0 Å². The monoisotopic (exact) mass is 325 g/mol. The van der Waals surface area contributed by atoms with Crippen LogP contribution in [0.25, 0.3) is 0 Å². The third kappa shape index (κ3) is 4.23. The highest BCUT2D eigenvalue weighted by molar-refractivity contribution is 9.10. The molecule has 2 rings (SSSR count). The Morgan fingerprint density at radius 3 is 2.58 bits per heavy atom. The first-order valence-corrected chi connectivity index (χ1v) is 7.59. The van der Waals surface area contributed by atoms with E-state index in [1.807, 2.05) is 31.3 Å². The normalized spacial score (nSPS) is 15.5. The van der Waals surface area contributed by atoms with Crippen molar-refractivity contribution < 1.29 is 9.53 Å². The van der Waals surface area contributed by atoms with E-state index < -0.39 is 0 Å². The third-order valence-corrected chi connectivity index (χ3v) is 4.12. The van der Waals surface area contributed by atoms with Gasteiger partial charge in [0.1, 0.15) is 12.4 Å². The van der Waals surface area contributed by atoms with Crippen molar-refractivity contribution in [3.63, 3.8) is 0 Å². The van der Waals surface area contributed by atoms with E-state index in [2.05, 4.69) is 15.9 Å². The van der Waals surface area contributed by atoms with E-state index in [1.54, 1.807) is 4.90 Å². The highest BCUT2D eigenvalue weighted by Gasteiger charge is 2.25. The van der Waals surface area contributed by atoms with Crippen molar-refractivity contribution in [2.24, 2.45) is 5.92 Å². The van der Waals surface area contributed by atoms with Crippen molar-refractivity contribution in [2.75, 3.05) is 20.2 Å². The number of benzene rings is 1. The minimum absolute atomic E-state index is 0.248. The van der Waals surface area contributed by atoms with Crippen LogP contribution in [0.15, 0.2) is 28.7 Å². The van der Waals surface area contributed by atoms with Gasteiger partial charge in [-0.3, -0.25) is 4.79 Å². The van der Waals surface area contributed by atoms with Gasteiger partial charge < -0.3 is 9.64 Å². The molecular formula is C15H20BrNO2. The maximum absolute atomic E-state index is 12.1. The first-order valence-electron chi connectivity index (χ1n) is 6.80. The van der Waals surface area contributed by atoms with Crippen molar-refractivity contribution in [3.8, 4) is 5.75 Å². The van der Waals surface area contributed by atoms with Gasteiger partial charge in [-0.25, -0.2) is 0 Å². The van der Waals surface area contributed by atoms with E-state index in [4.69, 9.17) is 4.74 Å². The Morgan fingerprint density at radius 1 is 1.32 bits per heavy atom. The average molecular weight is 326 g/mol. The highest BCUT2D eigenvalue weighted by atomic mass is 79.9. The SMILES string of the molecule is CN(CCOc1ccc(Br)cc1)C(=O)C1CCCC1. The maximum Gasteiger partial charge on any atom is 0.225 e. The maximum atomic E-state index is 12.1. The molecule has 3 nitrogen and oxygen atoms in total. The van der Waals surface area contributed by atoms with Crippen LogP contribution in [0.1, 0.15) is 25.7 Å². The summed E-state index contributed by atoms with van der Waals surface area (Å²) in [6.45, 7) is 1.18. The van der Waals surface area contributed by atoms with Crippen LogP contribution in [0, 0.1) is 5.92 Å². The molecule has 0 N–H and O–H groups in total. The lowest BCUT2D eigenvalue weighted by Gasteiger charge is -2.21. The molecule has 19 heavy (non-hydrogen) atoms. The quantitative estimate of drug-likeness (QED) is 0.829. The number of rotatable bonds is 5. The van der Waals surface area contributed by atoms with Crippen LogP contribution >= 0.6 is 15.9 Å². The van der Waals surface area contributed by atoms with E-state index in [-0.39, 0.29) is 11.8 Å². The van der Waals surface area contributed by atoms with Crippen LogP contribution < -0.4 is 4.74 Å². The van der Waals surface area contributed by atoms with Gasteiger partial charge in [0.2, 0.25) is 5.91 Å². The Labute approximate surface area is 123 Å². The van der Waals surface area contributed by atoms with Crippen molar-refractivity contribution in [1.29, 1.82) is 0 Å². The summed E-state index contributed by atoms with van der Waals surface area (Å²) in [6, 6.07) is 7.73. The number of hydrogen-bond donors (Lipinski definition) is 0. The van der Waals surface area contributed by atoms with Crippen molar-refractivity contribution in [1.82, 2.24) is 4.90 Å². The lowest BCUT2D eigenvalue weighted by molar-refractivity contribution is -0.134. The first-order chi connectivity index (χ1) is 9.16. The number of amides is 1. The Hall–Kier alpha value is -1.03. The summed E-state index contributed by atoms with van der Waals surface area (Å²) in [7, 11) is 1.87. The molecule has 0 spiro atoms. The van der Waals surface area contributed by atoms with Gasteiger partial charge in [-0.2, -0.15) is 0 Å². The fourth-order valence-corrected chi connectivity index (χ4v) is 2.69. The Balaban J connectivity index is 1.72. The van der Waals surface area contributed by atoms with Crippen LogP contribution in [0.5, 0.6) is 5.75 Å². The molecule has 1 aliphatic rings. The molecule has 0 aliphatic heterocycles. The van der Waals surface area contributed by atoms with E-state index in [0.717, 1.165) is 23.1 Å². The molecule has 4 heteroatoms. The van der Waals surface area contributed by atoms with Gasteiger partial charge in [-0.05, 0) is 37.1 Å². The van der Waals surface area contributed by atoms with Gasteiger partial charge in [0.15, 0.2) is 0 Å². The first kappa shape index (κ1) is 14.4. The zero-order valence-electron chi connectivity index (χ0n) is 11.3. The number of carbonyl (C=O) groups is 1. The Kier molecular flexibility index (Phi) is 5.25. The van der Waals surface area contributed by atoms with Crippen LogP contribution in [0.2, 0.25) is 0 Å². The number of hydrogen-bond acceptors (Lipinski definition) is 2. The summed E-state index contributed by atoms with van der Waals surface area (Å²) in [5, 5.41) is 0. The second-order valence-corrected chi connectivity index (χ2v) is 5.96. The van der Waals surface area contributed by atoms with Crippen molar-refractivity contribution in [3.05, 3.63) is 28.7 Å². The minimum atomic E-state index is 0.248. The molecule has 1 aromatic rings. The minimum Gasteiger partial charge on any atom is -0.492 e. The number of halogens is 1. The van der Waals surface area contributed by atoms with Crippen LogP contribution in [-0.2, 0) is 4.79 Å². The average Bonchev–Trinajstić information content (AvgIpc) is 2.94. The third-order valence-electron chi connectivity index (χ3n) is 3.59. The summed E-state index contributed by atoms with van der Waals surface area (Å²) >= 11 is 3.39. The topological polar surface area (TPSA) is 29.5 Å². The van der Waals surface area contributed by atoms with Gasteiger partial charge in [-0.1, -0.05) is 28.8 Å². The van der Waals surface area contributed by atoms with Crippen molar-refractivity contribution in [2.45, 2.75) is 25.7 Å². The standard InChI is InChI=1S/C15H20BrNO2/c1-17(15(18)12-4-2-3-5-12)10-11-19-14-8-6-13(16)7-9-14/h6-9,12H,2-5,10-11H2,1H3. The number of nitrogens with zero attached hydrogens (tertiary/aromatic N) is 1. The molecule has 0 aromatic heterocycles. The molecule has 0 radical (unpaired) electrons. The summed E-state index contributed by atoms with van der Waals surface area (Å²) in [5.74, 6) is 1.36. The Morgan fingerprint density at radius 2 is 1.95 bits per heavy atom. The van der Waals surface area contributed by atoms with E-state index in [1.165, 1.54) is 12.8 Å². The molecule has 1 aromatic carbocycles. The summed E-state index contributed by atoms with van der Waals surface area (Å²) in [5.41, 5.74) is 0. The van der Waals surface area contributed by atoms with Gasteiger partial charge >= 0.3 is 0 Å². The number of likely N-dealkylation sites (N-methyl/N-ethyl adjacent to an activating group) is 1. The zero-order valence-corrected chi connectivity index (χ0v) is 12.9. The fourth-order valence-electron chi connectivity index (χ4n) is 2.43. The molecule has 1 saturated carbocycles. The van der Waals surface area contributed by atoms with E-state index in [0.29, 0.717) is 13.2 Å². The molecule has 104 valence electrons. The lowest BCUT2D eigenvalue weighted by Crippen LogP contribution is -2.34. The van der Waals surface area contributed by atoms with Gasteiger partial charge in [0.25, 0.3) is 0 Å². The summed E-state index contributed by atoms with van der Waals surface area (Å²) in [6.07, 6.45) is 4.49. The van der Waals surface area contributed by atoms with Crippen molar-refractivity contribution >= 4 is 21.8 Å². The van der Waals surface area contributed by atoms with Gasteiger partial charge in [0.05, 0.1) is 6.54 Å². The molecule has 0 saturated heterocycles. The molecule has 0 atom stereocenters. The van der Waals surface area contributed by atoms with E-state index in [9.17, 15) is 4.79 Å². The van der Waals surface area contributed by atoms with Gasteiger partial charge in [-0.15, -0.1) is 0 Å². The van der Waals surface area contributed by atoms with Crippen LogP contribution in [-0.4, -0.2) is 31.0 Å². The van der Waals surface area contributed by atoms with E-state index >= 15 is 0 Å². The predicted octanol–water partition coefficient (Wildman–Crippen LogP) is 3.48. The summed E-state index contributed by atoms with van der Waals surface area (Å²) in [4.78, 5) is 13.9. The second kappa shape index (κ2) is 6.94. The molecule has 0 bridgehead atoms. The summed E-state index contributed by atoms with van der Waals surface area (Å²) < 4.78 is 6.67. The molecule has 1 amide bonds. The van der Waals surface area contributed by atoms with Crippen LogP contribution in [0.3, 0.4) is 0 Å². The molecule has 1 fully saturated rings. The van der Waals surface area contributed by atoms with Gasteiger partial charge in [0, 0.05) is 17.4 Å². The zero-order chi connectivity index (χ0) is 13.7. The smallest absolute Gasteiger partial charge is 0.225 e. The molecule has 0 unspecified atom stereocenters. The number of carbonyl (C=O) groups excluding carboxylic acids is 1. The Bertz CT molecular complexity index is 413. The molecule has 0 heterocycles. The lowest BCUT2D eigenvalue weighted by atomic mass is 10.1. The number of ether oxygens (including phenoxy) is 1. The largest absolute Gasteiger partial charge is 0.492 e. The predicted molar refractivity (Wildman–Crippen MR) is 79.2 cm³/mol. The molecule has 1 aliphatic carbocycles. The second-order valence-electron chi connectivity index (χ2n) is 5.04. The highest BCUT2D eigenvalue weighted by Crippen LogP contribution is 2.26.